The fourth-order valence-electron chi connectivity index (χ4n) is 5.76. The summed E-state index contributed by atoms with van der Waals surface area (Å²) >= 11 is 12.6. The van der Waals surface area contributed by atoms with Gasteiger partial charge in [0.15, 0.2) is 5.65 Å². The summed E-state index contributed by atoms with van der Waals surface area (Å²) in [6.07, 6.45) is 5.22. The Kier molecular flexibility index (Phi) is 6.73. The number of rotatable bonds is 5. The highest BCUT2D eigenvalue weighted by atomic mass is 35.5. The van der Waals surface area contributed by atoms with Crippen LogP contribution in [0.4, 0.5) is 5.82 Å². The van der Waals surface area contributed by atoms with Crippen molar-refractivity contribution in [2.75, 3.05) is 31.1 Å². The predicted molar refractivity (Wildman–Crippen MR) is 137 cm³/mol. The number of fused-ring (bicyclic) bond motifs is 1. The molecule has 2 saturated heterocycles. The predicted octanol–water partition coefficient (Wildman–Crippen LogP) is 4.72. The van der Waals surface area contributed by atoms with Crippen molar-refractivity contribution < 1.29 is 5.11 Å². The minimum atomic E-state index is -0.110. The molecule has 5 rings (SSSR count). The Morgan fingerprint density at radius 2 is 2.03 bits per heavy atom. The van der Waals surface area contributed by atoms with E-state index in [2.05, 4.69) is 23.6 Å². The number of halogens is 2. The van der Waals surface area contributed by atoms with Crippen LogP contribution in [-0.4, -0.2) is 68.1 Å². The van der Waals surface area contributed by atoms with Crippen LogP contribution in [0.25, 0.3) is 11.2 Å². The number of hydrogen-bond donors (Lipinski definition) is 1. The van der Waals surface area contributed by atoms with Crippen LogP contribution in [0.15, 0.2) is 24.4 Å². The maximum Gasteiger partial charge on any atom is 0.179 e. The molecule has 7 nitrogen and oxygen atoms in total. The summed E-state index contributed by atoms with van der Waals surface area (Å²) in [4.78, 5) is 14.7. The van der Waals surface area contributed by atoms with E-state index >= 15 is 0 Å². The molecular formula is C25H32Cl2N6O. The molecule has 1 unspecified atom stereocenters. The highest BCUT2D eigenvalue weighted by Gasteiger charge is 2.36. The molecule has 0 radical (unpaired) electrons. The Morgan fingerprint density at radius 3 is 2.76 bits per heavy atom. The van der Waals surface area contributed by atoms with E-state index in [0.29, 0.717) is 28.0 Å². The summed E-state index contributed by atoms with van der Waals surface area (Å²) < 4.78 is 1.92. The standard InChI is InChI=1S/C25H32Cl2N6O/c1-15-13-31(10-8-22(15)32-9-4-5-19(32)14-34)23-12-28-24-16(2)30-33(25(24)29-23)17(3)20-7-6-18(26)11-21(20)27/h6-7,11-12,15,17,19,22,34H,4-5,8-10,13-14H2,1-3H3/t15-,17?,19-,22+/m0/s1. The lowest BCUT2D eigenvalue weighted by Crippen LogP contribution is -2.52. The molecule has 4 heterocycles. The Balaban J connectivity index is 1.41. The molecule has 182 valence electrons. The normalized spacial score (nSPS) is 24.8. The zero-order valence-corrected chi connectivity index (χ0v) is 21.5. The van der Waals surface area contributed by atoms with Crippen LogP contribution in [-0.2, 0) is 0 Å². The van der Waals surface area contributed by atoms with Gasteiger partial charge < -0.3 is 10.0 Å². The van der Waals surface area contributed by atoms with Crippen molar-refractivity contribution in [3.8, 4) is 0 Å². The summed E-state index contributed by atoms with van der Waals surface area (Å²) in [5.74, 6) is 1.37. The van der Waals surface area contributed by atoms with E-state index in [0.717, 1.165) is 60.7 Å². The number of hydrogen-bond acceptors (Lipinski definition) is 6. The van der Waals surface area contributed by atoms with E-state index in [4.69, 9.17) is 38.3 Å². The van der Waals surface area contributed by atoms with Crippen LogP contribution in [0, 0.1) is 12.8 Å². The van der Waals surface area contributed by atoms with Gasteiger partial charge in [0.1, 0.15) is 11.3 Å². The van der Waals surface area contributed by atoms with Crippen LogP contribution in [0.3, 0.4) is 0 Å². The fourth-order valence-corrected chi connectivity index (χ4v) is 6.33. The molecule has 3 aromatic rings. The number of benzene rings is 1. The van der Waals surface area contributed by atoms with Gasteiger partial charge in [-0.2, -0.15) is 5.10 Å². The first-order valence-electron chi connectivity index (χ1n) is 12.2. The van der Waals surface area contributed by atoms with Crippen molar-refractivity contribution in [2.24, 2.45) is 5.92 Å². The first-order valence-corrected chi connectivity index (χ1v) is 12.9. The van der Waals surface area contributed by atoms with E-state index in [1.165, 1.54) is 6.42 Å². The first-order chi connectivity index (χ1) is 16.4. The molecule has 2 aliphatic heterocycles. The van der Waals surface area contributed by atoms with E-state index < -0.39 is 0 Å². The van der Waals surface area contributed by atoms with Gasteiger partial charge in [0.2, 0.25) is 0 Å². The molecule has 2 aromatic heterocycles. The number of piperidine rings is 1. The van der Waals surface area contributed by atoms with Crippen LogP contribution in [0.2, 0.25) is 10.0 Å². The second kappa shape index (κ2) is 9.61. The van der Waals surface area contributed by atoms with E-state index in [-0.39, 0.29) is 12.6 Å². The van der Waals surface area contributed by atoms with Crippen LogP contribution >= 0.6 is 23.2 Å². The summed E-state index contributed by atoms with van der Waals surface area (Å²) in [5, 5.41) is 15.8. The minimum Gasteiger partial charge on any atom is -0.395 e. The van der Waals surface area contributed by atoms with Gasteiger partial charge in [-0.3, -0.25) is 4.90 Å². The molecular weight excluding hydrogens is 471 g/mol. The average Bonchev–Trinajstić information content (AvgIpc) is 3.42. The van der Waals surface area contributed by atoms with Crippen LogP contribution < -0.4 is 4.90 Å². The lowest BCUT2D eigenvalue weighted by molar-refractivity contribution is 0.0800. The zero-order chi connectivity index (χ0) is 24.0. The van der Waals surface area contributed by atoms with Gasteiger partial charge in [0.25, 0.3) is 0 Å². The van der Waals surface area contributed by atoms with Crippen LogP contribution in [0.5, 0.6) is 0 Å². The molecule has 34 heavy (non-hydrogen) atoms. The monoisotopic (exact) mass is 502 g/mol. The quantitative estimate of drug-likeness (QED) is 0.544. The van der Waals surface area contributed by atoms with Gasteiger partial charge in [-0.1, -0.05) is 36.2 Å². The lowest BCUT2D eigenvalue weighted by atomic mass is 9.92. The second-order valence-corrected chi connectivity index (χ2v) is 10.6. The van der Waals surface area contributed by atoms with Crippen molar-refractivity contribution in [2.45, 2.75) is 58.2 Å². The third kappa shape index (κ3) is 4.28. The summed E-state index contributed by atoms with van der Waals surface area (Å²) in [6.45, 7) is 9.54. The molecule has 0 amide bonds. The van der Waals surface area contributed by atoms with Crippen molar-refractivity contribution in [1.29, 1.82) is 0 Å². The van der Waals surface area contributed by atoms with Gasteiger partial charge >= 0.3 is 0 Å². The number of aromatic nitrogens is 4. The Morgan fingerprint density at radius 1 is 1.21 bits per heavy atom. The van der Waals surface area contributed by atoms with E-state index in [1.807, 2.05) is 29.9 Å². The number of anilines is 1. The highest BCUT2D eigenvalue weighted by Crippen LogP contribution is 2.33. The molecule has 9 heteroatoms. The SMILES string of the molecule is Cc1nn(C(C)c2ccc(Cl)cc2Cl)c2nc(N3CC[C@@H](N4CCC[C@H]4CO)[C@@H](C)C3)cnc12. The average molecular weight is 503 g/mol. The van der Waals surface area contributed by atoms with Gasteiger partial charge in [0.05, 0.1) is 24.5 Å². The summed E-state index contributed by atoms with van der Waals surface area (Å²) in [6, 6.07) is 6.27. The lowest BCUT2D eigenvalue weighted by Gasteiger charge is -2.43. The van der Waals surface area contributed by atoms with Gasteiger partial charge in [-0.25, -0.2) is 14.6 Å². The zero-order valence-electron chi connectivity index (χ0n) is 20.0. The molecule has 0 saturated carbocycles. The Hall–Kier alpha value is -1.93. The smallest absolute Gasteiger partial charge is 0.179 e. The number of nitrogens with zero attached hydrogens (tertiary/aromatic N) is 6. The van der Waals surface area contributed by atoms with E-state index in [9.17, 15) is 5.11 Å². The molecule has 0 bridgehead atoms. The molecule has 4 atom stereocenters. The molecule has 2 aliphatic rings. The number of aliphatic hydroxyl groups is 1. The van der Waals surface area contributed by atoms with Crippen molar-refractivity contribution in [3.05, 3.63) is 45.7 Å². The van der Waals surface area contributed by atoms with Crippen molar-refractivity contribution >= 4 is 40.2 Å². The van der Waals surface area contributed by atoms with Gasteiger partial charge in [-0.05, 0) is 63.3 Å². The molecule has 0 aliphatic carbocycles. The first kappa shape index (κ1) is 23.8. The minimum absolute atomic E-state index is 0.110. The topological polar surface area (TPSA) is 70.3 Å². The van der Waals surface area contributed by atoms with E-state index in [1.54, 1.807) is 6.07 Å². The number of aliphatic hydroxyl groups excluding tert-OH is 1. The number of aryl methyl sites for hydroxylation is 1. The maximum absolute atomic E-state index is 9.78. The second-order valence-electron chi connectivity index (χ2n) is 9.77. The summed E-state index contributed by atoms with van der Waals surface area (Å²) in [7, 11) is 0. The molecule has 2 fully saturated rings. The Bertz CT molecular complexity index is 1180. The molecule has 1 N–H and O–H groups in total. The Labute approximate surface area is 210 Å². The molecule has 1 aromatic carbocycles. The molecule has 0 spiro atoms. The fraction of sp³-hybridized carbons (Fsp3) is 0.560. The summed E-state index contributed by atoms with van der Waals surface area (Å²) in [5.41, 5.74) is 3.37. The van der Waals surface area contributed by atoms with Gasteiger partial charge in [0, 0.05) is 35.2 Å². The maximum atomic E-state index is 9.78. The third-order valence-electron chi connectivity index (χ3n) is 7.58. The van der Waals surface area contributed by atoms with Crippen LogP contribution in [0.1, 0.15) is 50.4 Å². The van der Waals surface area contributed by atoms with Crippen molar-refractivity contribution in [1.82, 2.24) is 24.6 Å². The number of likely N-dealkylation sites (tertiary alicyclic amines) is 1. The third-order valence-corrected chi connectivity index (χ3v) is 8.14. The van der Waals surface area contributed by atoms with Crippen molar-refractivity contribution in [3.63, 3.8) is 0 Å². The van der Waals surface area contributed by atoms with Gasteiger partial charge in [-0.15, -0.1) is 0 Å². The highest BCUT2D eigenvalue weighted by molar-refractivity contribution is 6.35. The largest absolute Gasteiger partial charge is 0.395 e.